The summed E-state index contributed by atoms with van der Waals surface area (Å²) in [5.74, 6) is 0.0959. The van der Waals surface area contributed by atoms with Gasteiger partial charge >= 0.3 is 6.09 Å². The summed E-state index contributed by atoms with van der Waals surface area (Å²) in [6.07, 6.45) is 11.0. The minimum Gasteiger partial charge on any atom is -0.441 e. The van der Waals surface area contributed by atoms with E-state index in [0.717, 1.165) is 19.4 Å². The maximum atomic E-state index is 12.7. The number of imidazole rings is 1. The third-order valence-corrected chi connectivity index (χ3v) is 5.64. The molecule has 0 radical (unpaired) electrons. The van der Waals surface area contributed by atoms with Gasteiger partial charge in [0, 0.05) is 44.9 Å². The normalized spacial score (nSPS) is 20.5. The summed E-state index contributed by atoms with van der Waals surface area (Å²) in [6, 6.07) is -0.257. The van der Waals surface area contributed by atoms with E-state index in [2.05, 4.69) is 11.9 Å². The molecule has 1 unspecified atom stereocenters. The van der Waals surface area contributed by atoms with Gasteiger partial charge in [0.15, 0.2) is 0 Å². The van der Waals surface area contributed by atoms with Gasteiger partial charge in [0.1, 0.15) is 11.6 Å². The van der Waals surface area contributed by atoms with Crippen LogP contribution >= 0.6 is 0 Å². The number of amides is 2. The van der Waals surface area contributed by atoms with Crippen molar-refractivity contribution in [3.05, 3.63) is 18.7 Å². The number of likely N-dealkylation sites (tertiary alicyclic amines) is 1. The molecule has 3 rings (SSSR count). The molecule has 1 aromatic rings. The molecule has 0 saturated carbocycles. The van der Waals surface area contributed by atoms with Crippen LogP contribution in [0.5, 0.6) is 0 Å². The number of nitrogens with zero attached hydrogens (tertiary/aromatic N) is 4. The fraction of sp³-hybridized carbons (Fsp3) is 0.737. The number of hydrogen-bond donors (Lipinski definition) is 0. The van der Waals surface area contributed by atoms with E-state index in [0.29, 0.717) is 32.5 Å². The lowest BCUT2D eigenvalue weighted by molar-refractivity contribution is -0.137. The minimum absolute atomic E-state index is 0.0959. The van der Waals surface area contributed by atoms with Crippen molar-refractivity contribution in [3.8, 4) is 0 Å². The predicted molar refractivity (Wildman–Crippen MR) is 97.7 cm³/mol. The summed E-state index contributed by atoms with van der Waals surface area (Å²) in [5, 5.41) is 0. The van der Waals surface area contributed by atoms with E-state index in [9.17, 15) is 9.59 Å². The van der Waals surface area contributed by atoms with Gasteiger partial charge in [0.25, 0.3) is 0 Å². The number of carbonyl (C=O) groups is 2. The van der Waals surface area contributed by atoms with Crippen LogP contribution in [0, 0.1) is 0 Å². The van der Waals surface area contributed by atoms with Crippen molar-refractivity contribution in [2.45, 2.75) is 64.0 Å². The van der Waals surface area contributed by atoms with Gasteiger partial charge in [-0.2, -0.15) is 0 Å². The lowest BCUT2D eigenvalue weighted by Crippen LogP contribution is -2.50. The maximum Gasteiger partial charge on any atom is 0.410 e. The third kappa shape index (κ3) is 4.02. The Balaban J connectivity index is 1.50. The molecule has 0 aromatic carbocycles. The van der Waals surface area contributed by atoms with Crippen LogP contribution in [0.1, 0.15) is 58.4 Å². The molecular formula is C19H30N4O3. The summed E-state index contributed by atoms with van der Waals surface area (Å²) in [5.41, 5.74) is -0.406. The fourth-order valence-electron chi connectivity index (χ4n) is 3.88. The molecule has 144 valence electrons. The van der Waals surface area contributed by atoms with Crippen molar-refractivity contribution in [3.63, 3.8) is 0 Å². The van der Waals surface area contributed by atoms with E-state index < -0.39 is 5.60 Å². The van der Waals surface area contributed by atoms with Gasteiger partial charge in [-0.15, -0.1) is 0 Å². The average Bonchev–Trinajstić information content (AvgIpc) is 3.27. The standard InChI is InChI=1S/C19H30N4O3/c1-3-4-5-6-10-22-14-19(26-18(22)25)7-11-21(12-8-19)17(24)16(2)23-13-9-20-15-23/h9,13,15-16H,3-8,10-12,14H2,1-2H3. The number of aromatic nitrogens is 2. The quantitative estimate of drug-likeness (QED) is 0.700. The van der Waals surface area contributed by atoms with Crippen LogP contribution in [0.4, 0.5) is 4.79 Å². The molecule has 7 nitrogen and oxygen atoms in total. The first kappa shape index (κ1) is 18.7. The Hall–Kier alpha value is -2.05. The van der Waals surface area contributed by atoms with Crippen molar-refractivity contribution in [1.82, 2.24) is 19.4 Å². The van der Waals surface area contributed by atoms with Crippen LogP contribution in [0.15, 0.2) is 18.7 Å². The number of carbonyl (C=O) groups excluding carboxylic acids is 2. The number of ether oxygens (including phenoxy) is 1. The van der Waals surface area contributed by atoms with Crippen LogP contribution in [0.25, 0.3) is 0 Å². The number of piperidine rings is 1. The highest BCUT2D eigenvalue weighted by Crippen LogP contribution is 2.34. The summed E-state index contributed by atoms with van der Waals surface area (Å²) in [4.78, 5) is 32.6. The zero-order valence-corrected chi connectivity index (χ0v) is 15.9. The zero-order chi connectivity index (χ0) is 18.6. The van der Waals surface area contributed by atoms with Crippen molar-refractivity contribution in [2.24, 2.45) is 0 Å². The maximum absolute atomic E-state index is 12.7. The summed E-state index contributed by atoms with van der Waals surface area (Å²) in [6.45, 7) is 6.78. The molecule has 2 amide bonds. The van der Waals surface area contributed by atoms with E-state index in [1.807, 2.05) is 27.5 Å². The Kier molecular flexibility index (Phi) is 5.84. The summed E-state index contributed by atoms with van der Waals surface area (Å²) < 4.78 is 7.57. The molecule has 2 aliphatic rings. The second-order valence-corrected chi connectivity index (χ2v) is 7.54. The van der Waals surface area contributed by atoms with E-state index in [-0.39, 0.29) is 18.0 Å². The first-order valence-electron chi connectivity index (χ1n) is 9.79. The number of rotatable bonds is 7. The lowest BCUT2D eigenvalue weighted by Gasteiger charge is -2.38. The molecule has 3 heterocycles. The van der Waals surface area contributed by atoms with Crippen LogP contribution in [0.2, 0.25) is 0 Å². The van der Waals surface area contributed by atoms with Crippen molar-refractivity contribution in [1.29, 1.82) is 0 Å². The SMILES string of the molecule is CCCCCCN1CC2(CCN(C(=O)C(C)n3ccnc3)CC2)OC1=O. The predicted octanol–water partition coefficient (Wildman–Crippen LogP) is 2.84. The second-order valence-electron chi connectivity index (χ2n) is 7.54. The smallest absolute Gasteiger partial charge is 0.410 e. The Morgan fingerprint density at radius 3 is 2.73 bits per heavy atom. The molecular weight excluding hydrogens is 332 g/mol. The Bertz CT molecular complexity index is 608. The number of unbranched alkanes of at least 4 members (excludes halogenated alkanes) is 3. The molecule has 0 aliphatic carbocycles. The Labute approximate surface area is 155 Å². The molecule has 2 fully saturated rings. The van der Waals surface area contributed by atoms with E-state index in [1.54, 1.807) is 12.5 Å². The largest absolute Gasteiger partial charge is 0.441 e. The van der Waals surface area contributed by atoms with Crippen LogP contribution in [-0.2, 0) is 9.53 Å². The first-order valence-corrected chi connectivity index (χ1v) is 9.79. The first-order chi connectivity index (χ1) is 12.5. The van der Waals surface area contributed by atoms with E-state index in [4.69, 9.17) is 4.74 Å². The molecule has 1 atom stereocenters. The monoisotopic (exact) mass is 362 g/mol. The van der Waals surface area contributed by atoms with Gasteiger partial charge in [-0.3, -0.25) is 4.79 Å². The molecule has 2 saturated heterocycles. The van der Waals surface area contributed by atoms with Crippen molar-refractivity contribution < 1.29 is 14.3 Å². The van der Waals surface area contributed by atoms with E-state index in [1.165, 1.54) is 12.8 Å². The summed E-state index contributed by atoms with van der Waals surface area (Å²) >= 11 is 0. The average molecular weight is 362 g/mol. The molecule has 2 aliphatic heterocycles. The van der Waals surface area contributed by atoms with Gasteiger partial charge in [0.05, 0.1) is 12.9 Å². The number of hydrogen-bond acceptors (Lipinski definition) is 4. The highest BCUT2D eigenvalue weighted by Gasteiger charge is 2.47. The van der Waals surface area contributed by atoms with Crippen molar-refractivity contribution in [2.75, 3.05) is 26.2 Å². The van der Waals surface area contributed by atoms with Crippen LogP contribution < -0.4 is 0 Å². The zero-order valence-electron chi connectivity index (χ0n) is 15.9. The Morgan fingerprint density at radius 1 is 1.31 bits per heavy atom. The van der Waals surface area contributed by atoms with E-state index >= 15 is 0 Å². The molecule has 0 N–H and O–H groups in total. The van der Waals surface area contributed by atoms with Gasteiger partial charge in [-0.25, -0.2) is 9.78 Å². The molecule has 1 aromatic heterocycles. The van der Waals surface area contributed by atoms with Crippen molar-refractivity contribution >= 4 is 12.0 Å². The van der Waals surface area contributed by atoms with Crippen LogP contribution in [-0.4, -0.2) is 63.1 Å². The van der Waals surface area contributed by atoms with Crippen LogP contribution in [0.3, 0.4) is 0 Å². The minimum atomic E-state index is -0.406. The third-order valence-electron chi connectivity index (χ3n) is 5.64. The highest BCUT2D eigenvalue weighted by atomic mass is 16.6. The summed E-state index contributed by atoms with van der Waals surface area (Å²) in [7, 11) is 0. The molecule has 7 heteroatoms. The molecule has 0 bridgehead atoms. The fourth-order valence-corrected chi connectivity index (χ4v) is 3.88. The Morgan fingerprint density at radius 2 is 2.08 bits per heavy atom. The van der Waals surface area contributed by atoms with Gasteiger partial charge in [-0.1, -0.05) is 26.2 Å². The molecule has 1 spiro atoms. The second kappa shape index (κ2) is 8.10. The van der Waals surface area contributed by atoms with Gasteiger partial charge in [0.2, 0.25) is 5.91 Å². The van der Waals surface area contributed by atoms with Gasteiger partial charge < -0.3 is 19.1 Å². The molecule has 26 heavy (non-hydrogen) atoms. The highest BCUT2D eigenvalue weighted by molar-refractivity contribution is 5.80. The lowest BCUT2D eigenvalue weighted by atomic mass is 9.91. The van der Waals surface area contributed by atoms with Gasteiger partial charge in [-0.05, 0) is 13.3 Å². The topological polar surface area (TPSA) is 67.7 Å².